The number of nitrogens with zero attached hydrogens (tertiary/aromatic N) is 2. The van der Waals surface area contributed by atoms with Gasteiger partial charge in [-0.05, 0) is 18.0 Å². The summed E-state index contributed by atoms with van der Waals surface area (Å²) in [5.74, 6) is -0.396. The van der Waals surface area contributed by atoms with Gasteiger partial charge in [0.1, 0.15) is 0 Å². The zero-order valence-corrected chi connectivity index (χ0v) is 6.19. The Bertz CT molecular complexity index is 239. The second-order valence-electron chi connectivity index (χ2n) is 1.79. The van der Waals surface area contributed by atoms with E-state index in [1.807, 2.05) is 6.92 Å². The van der Waals surface area contributed by atoms with Crippen molar-refractivity contribution in [3.05, 3.63) is 23.0 Å². The minimum atomic E-state index is -0.396. The van der Waals surface area contributed by atoms with E-state index < -0.39 is 5.82 Å². The summed E-state index contributed by atoms with van der Waals surface area (Å²) in [5.41, 5.74) is 0.361. The maximum atomic E-state index is 12.6. The van der Waals surface area contributed by atoms with E-state index in [0.29, 0.717) is 12.1 Å². The highest BCUT2D eigenvalue weighted by Gasteiger charge is 2.01. The van der Waals surface area contributed by atoms with Crippen molar-refractivity contribution in [2.75, 3.05) is 0 Å². The Morgan fingerprint density at radius 2 is 2.40 bits per heavy atom. The van der Waals surface area contributed by atoms with E-state index in [1.54, 1.807) is 0 Å². The molecule has 0 unspecified atom stereocenters. The SMILES string of the molecule is CCc1nc(Cl)ncc1F. The van der Waals surface area contributed by atoms with Crippen molar-refractivity contribution >= 4 is 11.6 Å². The van der Waals surface area contributed by atoms with Gasteiger partial charge in [0.2, 0.25) is 5.28 Å². The van der Waals surface area contributed by atoms with Crippen molar-refractivity contribution in [3.8, 4) is 0 Å². The summed E-state index contributed by atoms with van der Waals surface area (Å²) < 4.78 is 12.6. The van der Waals surface area contributed by atoms with Crippen LogP contribution >= 0.6 is 11.6 Å². The molecule has 0 amide bonds. The predicted octanol–water partition coefficient (Wildman–Crippen LogP) is 1.83. The molecule has 0 aliphatic heterocycles. The lowest BCUT2D eigenvalue weighted by Crippen LogP contribution is -1.94. The first kappa shape index (κ1) is 7.41. The van der Waals surface area contributed by atoms with Crippen molar-refractivity contribution in [1.29, 1.82) is 0 Å². The van der Waals surface area contributed by atoms with Crippen LogP contribution in [0, 0.1) is 5.82 Å². The third kappa shape index (κ3) is 1.42. The molecular formula is C6H6ClFN2. The molecule has 0 fully saturated rings. The summed E-state index contributed by atoms with van der Waals surface area (Å²) in [7, 11) is 0. The van der Waals surface area contributed by atoms with Gasteiger partial charge >= 0.3 is 0 Å². The fraction of sp³-hybridized carbons (Fsp3) is 0.333. The van der Waals surface area contributed by atoms with Crippen LogP contribution in [0.5, 0.6) is 0 Å². The average Bonchev–Trinajstić information content (AvgIpc) is 1.94. The second-order valence-corrected chi connectivity index (χ2v) is 2.13. The summed E-state index contributed by atoms with van der Waals surface area (Å²) in [5, 5.41) is 0.0956. The largest absolute Gasteiger partial charge is 0.223 e. The Morgan fingerprint density at radius 3 is 2.90 bits per heavy atom. The molecule has 0 aliphatic carbocycles. The second kappa shape index (κ2) is 2.92. The molecule has 0 aliphatic rings. The smallest absolute Gasteiger partial charge is 0.222 e. The van der Waals surface area contributed by atoms with Gasteiger partial charge in [0, 0.05) is 0 Å². The van der Waals surface area contributed by atoms with Gasteiger partial charge in [-0.15, -0.1) is 0 Å². The molecule has 0 atom stereocenters. The summed E-state index contributed by atoms with van der Waals surface area (Å²) in [4.78, 5) is 7.14. The van der Waals surface area contributed by atoms with Gasteiger partial charge in [0.15, 0.2) is 5.82 Å². The number of aryl methyl sites for hydroxylation is 1. The van der Waals surface area contributed by atoms with Crippen LogP contribution in [-0.2, 0) is 6.42 Å². The van der Waals surface area contributed by atoms with E-state index in [-0.39, 0.29) is 5.28 Å². The summed E-state index contributed by atoms with van der Waals surface area (Å²) in [6, 6.07) is 0. The zero-order chi connectivity index (χ0) is 7.56. The molecule has 0 spiro atoms. The number of hydrogen-bond acceptors (Lipinski definition) is 2. The summed E-state index contributed by atoms with van der Waals surface area (Å²) in [6.45, 7) is 1.81. The minimum absolute atomic E-state index is 0.0956. The Hall–Kier alpha value is -0.700. The Labute approximate surface area is 63.1 Å². The third-order valence-electron chi connectivity index (χ3n) is 1.12. The van der Waals surface area contributed by atoms with Gasteiger partial charge in [0.05, 0.1) is 11.9 Å². The van der Waals surface area contributed by atoms with E-state index in [1.165, 1.54) is 0 Å². The molecule has 1 aromatic rings. The molecule has 1 aromatic heterocycles. The molecule has 1 heterocycles. The number of halogens is 2. The van der Waals surface area contributed by atoms with E-state index >= 15 is 0 Å². The molecule has 0 saturated carbocycles. The normalized spacial score (nSPS) is 9.90. The molecule has 4 heteroatoms. The predicted molar refractivity (Wildman–Crippen MR) is 36.4 cm³/mol. The molecule has 2 nitrogen and oxygen atoms in total. The fourth-order valence-corrected chi connectivity index (χ4v) is 0.777. The molecular weight excluding hydrogens is 155 g/mol. The molecule has 0 radical (unpaired) electrons. The van der Waals surface area contributed by atoms with E-state index in [0.717, 1.165) is 6.20 Å². The van der Waals surface area contributed by atoms with Gasteiger partial charge < -0.3 is 0 Å². The van der Waals surface area contributed by atoms with Gasteiger partial charge in [-0.1, -0.05) is 6.92 Å². The highest BCUT2D eigenvalue weighted by molar-refractivity contribution is 6.28. The number of aromatic nitrogens is 2. The van der Waals surface area contributed by atoms with E-state index in [2.05, 4.69) is 9.97 Å². The van der Waals surface area contributed by atoms with Crippen molar-refractivity contribution in [1.82, 2.24) is 9.97 Å². The average molecular weight is 161 g/mol. The van der Waals surface area contributed by atoms with Crippen LogP contribution in [-0.4, -0.2) is 9.97 Å². The van der Waals surface area contributed by atoms with Crippen LogP contribution < -0.4 is 0 Å². The fourth-order valence-electron chi connectivity index (χ4n) is 0.626. The lowest BCUT2D eigenvalue weighted by molar-refractivity contribution is 0.593. The molecule has 0 saturated heterocycles. The van der Waals surface area contributed by atoms with Crippen LogP contribution in [0.1, 0.15) is 12.6 Å². The van der Waals surface area contributed by atoms with Crippen LogP contribution in [0.25, 0.3) is 0 Å². The Balaban J connectivity index is 3.09. The number of hydrogen-bond donors (Lipinski definition) is 0. The molecule has 0 bridgehead atoms. The van der Waals surface area contributed by atoms with Gasteiger partial charge in [-0.25, -0.2) is 14.4 Å². The Kier molecular flexibility index (Phi) is 2.17. The molecule has 0 N–H and O–H groups in total. The first-order valence-electron chi connectivity index (χ1n) is 2.91. The first-order valence-corrected chi connectivity index (χ1v) is 3.28. The van der Waals surface area contributed by atoms with E-state index in [9.17, 15) is 4.39 Å². The van der Waals surface area contributed by atoms with Crippen molar-refractivity contribution in [2.24, 2.45) is 0 Å². The number of rotatable bonds is 1. The van der Waals surface area contributed by atoms with Crippen LogP contribution in [0.15, 0.2) is 6.20 Å². The maximum absolute atomic E-state index is 12.6. The molecule has 10 heavy (non-hydrogen) atoms. The zero-order valence-electron chi connectivity index (χ0n) is 5.43. The van der Waals surface area contributed by atoms with Crippen molar-refractivity contribution < 1.29 is 4.39 Å². The van der Waals surface area contributed by atoms with Crippen molar-refractivity contribution in [2.45, 2.75) is 13.3 Å². The van der Waals surface area contributed by atoms with E-state index in [4.69, 9.17) is 11.6 Å². The van der Waals surface area contributed by atoms with Crippen LogP contribution in [0.4, 0.5) is 4.39 Å². The maximum Gasteiger partial charge on any atom is 0.222 e. The monoisotopic (exact) mass is 160 g/mol. The minimum Gasteiger partial charge on any atom is -0.223 e. The van der Waals surface area contributed by atoms with Crippen LogP contribution in [0.2, 0.25) is 5.28 Å². The third-order valence-corrected chi connectivity index (χ3v) is 1.30. The topological polar surface area (TPSA) is 25.8 Å². The van der Waals surface area contributed by atoms with Crippen molar-refractivity contribution in [3.63, 3.8) is 0 Å². The molecule has 0 aromatic carbocycles. The lowest BCUT2D eigenvalue weighted by Gasteiger charge is -1.95. The van der Waals surface area contributed by atoms with Gasteiger partial charge in [-0.3, -0.25) is 0 Å². The lowest BCUT2D eigenvalue weighted by atomic mass is 10.3. The molecule has 1 rings (SSSR count). The highest BCUT2D eigenvalue weighted by Crippen LogP contribution is 2.06. The first-order chi connectivity index (χ1) is 4.74. The Morgan fingerprint density at radius 1 is 1.70 bits per heavy atom. The summed E-state index contributed by atoms with van der Waals surface area (Å²) in [6.07, 6.45) is 1.61. The molecule has 54 valence electrons. The summed E-state index contributed by atoms with van der Waals surface area (Å²) >= 11 is 5.41. The van der Waals surface area contributed by atoms with Gasteiger partial charge in [0.25, 0.3) is 0 Å². The quantitative estimate of drug-likeness (QED) is 0.586. The standard InChI is InChI=1S/C6H6ClFN2/c1-2-5-4(8)3-9-6(7)10-5/h3H,2H2,1H3. The van der Waals surface area contributed by atoms with Gasteiger partial charge in [-0.2, -0.15) is 0 Å². The van der Waals surface area contributed by atoms with Crippen LogP contribution in [0.3, 0.4) is 0 Å². The highest BCUT2D eigenvalue weighted by atomic mass is 35.5.